The zero-order valence-corrected chi connectivity index (χ0v) is 8.25. The summed E-state index contributed by atoms with van der Waals surface area (Å²) < 4.78 is 0. The number of hydrogen-bond donors (Lipinski definition) is 2. The van der Waals surface area contributed by atoms with Crippen LogP contribution < -0.4 is 11.1 Å². The molecule has 3 N–H and O–H groups in total. The molecule has 0 aliphatic carbocycles. The molecule has 0 aromatic rings. The third-order valence-electron chi connectivity index (χ3n) is 2.57. The first-order valence-corrected chi connectivity index (χ1v) is 4.86. The molecule has 0 aromatic carbocycles. The van der Waals surface area contributed by atoms with E-state index in [1.807, 2.05) is 0 Å². The summed E-state index contributed by atoms with van der Waals surface area (Å²) in [5.41, 5.74) is 5.02. The summed E-state index contributed by atoms with van der Waals surface area (Å²) in [6.07, 6.45) is 2.45. The molecular formula is C9H19N3O. The molecule has 0 bridgehead atoms. The summed E-state index contributed by atoms with van der Waals surface area (Å²) in [6.45, 7) is 3.58. The predicted octanol–water partition coefficient (Wildman–Crippen LogP) is -0.597. The van der Waals surface area contributed by atoms with Crippen LogP contribution in [0.15, 0.2) is 0 Å². The minimum atomic E-state index is -0.270. The Kier molecular flexibility index (Phi) is 4.18. The van der Waals surface area contributed by atoms with E-state index in [9.17, 15) is 4.79 Å². The van der Waals surface area contributed by atoms with Gasteiger partial charge in [0.25, 0.3) is 0 Å². The van der Waals surface area contributed by atoms with E-state index in [1.165, 1.54) is 25.9 Å². The lowest BCUT2D eigenvalue weighted by molar-refractivity contribution is -0.117. The number of nitrogens with two attached hydrogens (primary N) is 1. The van der Waals surface area contributed by atoms with Gasteiger partial charge < -0.3 is 16.0 Å². The second-order valence-corrected chi connectivity index (χ2v) is 3.84. The maximum atomic E-state index is 10.4. The van der Waals surface area contributed by atoms with Crippen molar-refractivity contribution in [3.05, 3.63) is 0 Å². The van der Waals surface area contributed by atoms with Crippen molar-refractivity contribution < 1.29 is 4.79 Å². The van der Waals surface area contributed by atoms with Crippen molar-refractivity contribution in [1.82, 2.24) is 10.2 Å². The Balaban J connectivity index is 2.05. The Morgan fingerprint density at radius 1 is 1.54 bits per heavy atom. The van der Waals surface area contributed by atoms with Crippen LogP contribution in [0.5, 0.6) is 0 Å². The monoisotopic (exact) mass is 185 g/mol. The number of nitrogens with zero attached hydrogens (tertiary/aromatic N) is 1. The average Bonchev–Trinajstić information content (AvgIpc) is 2.08. The normalized spacial score (nSPS) is 20.4. The summed E-state index contributed by atoms with van der Waals surface area (Å²) in [4.78, 5) is 12.8. The maximum Gasteiger partial charge on any atom is 0.231 e. The van der Waals surface area contributed by atoms with Gasteiger partial charge in [0.2, 0.25) is 5.91 Å². The number of carbonyl (C=O) groups excluding carboxylic acids is 1. The molecule has 1 fully saturated rings. The predicted molar refractivity (Wildman–Crippen MR) is 52.3 cm³/mol. The van der Waals surface area contributed by atoms with Crippen molar-refractivity contribution in [3.63, 3.8) is 0 Å². The van der Waals surface area contributed by atoms with E-state index in [-0.39, 0.29) is 5.91 Å². The van der Waals surface area contributed by atoms with Gasteiger partial charge in [0.05, 0.1) is 6.54 Å². The van der Waals surface area contributed by atoms with Crippen molar-refractivity contribution >= 4 is 5.91 Å². The van der Waals surface area contributed by atoms with Crippen LogP contribution >= 0.6 is 0 Å². The third kappa shape index (κ3) is 4.24. The number of likely N-dealkylation sites (tertiary alicyclic amines) is 1. The lowest BCUT2D eigenvalue weighted by atomic mass is 9.97. The van der Waals surface area contributed by atoms with Gasteiger partial charge in [0, 0.05) is 0 Å². The van der Waals surface area contributed by atoms with Gasteiger partial charge in [-0.2, -0.15) is 0 Å². The molecule has 1 rings (SSSR count). The zero-order chi connectivity index (χ0) is 9.68. The van der Waals surface area contributed by atoms with E-state index in [2.05, 4.69) is 17.3 Å². The number of amides is 1. The first kappa shape index (κ1) is 10.5. The molecule has 1 amide bonds. The van der Waals surface area contributed by atoms with Crippen molar-refractivity contribution in [1.29, 1.82) is 0 Å². The van der Waals surface area contributed by atoms with Crippen LogP contribution in [0.1, 0.15) is 12.8 Å². The van der Waals surface area contributed by atoms with Gasteiger partial charge in [-0.3, -0.25) is 4.79 Å². The van der Waals surface area contributed by atoms with E-state index >= 15 is 0 Å². The van der Waals surface area contributed by atoms with E-state index < -0.39 is 0 Å². The van der Waals surface area contributed by atoms with Crippen LogP contribution in [-0.4, -0.2) is 44.0 Å². The molecule has 0 radical (unpaired) electrons. The van der Waals surface area contributed by atoms with Gasteiger partial charge in [0.15, 0.2) is 0 Å². The Morgan fingerprint density at radius 3 is 2.69 bits per heavy atom. The van der Waals surface area contributed by atoms with Crippen molar-refractivity contribution in [2.75, 3.05) is 33.2 Å². The molecule has 0 saturated carbocycles. The Labute approximate surface area is 79.5 Å². The van der Waals surface area contributed by atoms with Crippen molar-refractivity contribution in [3.8, 4) is 0 Å². The van der Waals surface area contributed by atoms with E-state index in [0.717, 1.165) is 12.5 Å². The maximum absolute atomic E-state index is 10.4. The molecular weight excluding hydrogens is 166 g/mol. The molecule has 1 aliphatic rings. The van der Waals surface area contributed by atoms with E-state index in [0.29, 0.717) is 6.54 Å². The quantitative estimate of drug-likeness (QED) is 0.615. The summed E-state index contributed by atoms with van der Waals surface area (Å²) in [6, 6.07) is 0. The second-order valence-electron chi connectivity index (χ2n) is 3.84. The fourth-order valence-corrected chi connectivity index (χ4v) is 1.67. The van der Waals surface area contributed by atoms with Gasteiger partial charge in [-0.1, -0.05) is 0 Å². The molecule has 1 heterocycles. The summed E-state index contributed by atoms with van der Waals surface area (Å²) in [7, 11) is 2.15. The van der Waals surface area contributed by atoms with Gasteiger partial charge in [-0.05, 0) is 45.4 Å². The fraction of sp³-hybridized carbons (Fsp3) is 0.889. The molecule has 1 aliphatic heterocycles. The second kappa shape index (κ2) is 5.19. The van der Waals surface area contributed by atoms with E-state index in [1.54, 1.807) is 0 Å². The molecule has 76 valence electrons. The van der Waals surface area contributed by atoms with Crippen molar-refractivity contribution in [2.24, 2.45) is 11.7 Å². The lowest BCUT2D eigenvalue weighted by Gasteiger charge is -2.28. The standard InChI is InChI=1S/C9H19N3O/c1-12-4-2-8(3-5-12)6-11-7-9(10)13/h8,11H,2-7H2,1H3,(H2,10,13). The molecule has 0 aromatic heterocycles. The lowest BCUT2D eigenvalue weighted by Crippen LogP contribution is -2.37. The number of rotatable bonds is 4. The number of hydrogen-bond acceptors (Lipinski definition) is 3. The van der Waals surface area contributed by atoms with Crippen molar-refractivity contribution in [2.45, 2.75) is 12.8 Å². The van der Waals surface area contributed by atoms with Gasteiger partial charge in [-0.25, -0.2) is 0 Å². The van der Waals surface area contributed by atoms with Crippen LogP contribution in [0.3, 0.4) is 0 Å². The fourth-order valence-electron chi connectivity index (χ4n) is 1.67. The molecule has 0 spiro atoms. The van der Waals surface area contributed by atoms with Crippen LogP contribution in [-0.2, 0) is 4.79 Å². The molecule has 0 unspecified atom stereocenters. The summed E-state index contributed by atoms with van der Waals surface area (Å²) in [5.74, 6) is 0.448. The van der Waals surface area contributed by atoms with E-state index in [4.69, 9.17) is 5.73 Å². The smallest absolute Gasteiger partial charge is 0.231 e. The molecule has 13 heavy (non-hydrogen) atoms. The average molecular weight is 185 g/mol. The van der Waals surface area contributed by atoms with Gasteiger partial charge in [0.1, 0.15) is 0 Å². The van der Waals surface area contributed by atoms with Crippen LogP contribution in [0.2, 0.25) is 0 Å². The SMILES string of the molecule is CN1CCC(CNCC(N)=O)CC1. The highest BCUT2D eigenvalue weighted by Crippen LogP contribution is 2.14. The highest BCUT2D eigenvalue weighted by atomic mass is 16.1. The molecule has 4 heteroatoms. The van der Waals surface area contributed by atoms with Gasteiger partial charge in [-0.15, -0.1) is 0 Å². The molecule has 4 nitrogen and oxygen atoms in total. The minimum Gasteiger partial charge on any atom is -0.369 e. The number of carbonyl (C=O) groups is 1. The van der Waals surface area contributed by atoms with Crippen LogP contribution in [0.4, 0.5) is 0 Å². The highest BCUT2D eigenvalue weighted by molar-refractivity contribution is 5.75. The number of primary amides is 1. The largest absolute Gasteiger partial charge is 0.369 e. The Morgan fingerprint density at radius 2 is 2.15 bits per heavy atom. The first-order valence-electron chi connectivity index (χ1n) is 4.86. The number of nitrogens with one attached hydrogen (secondary N) is 1. The molecule has 0 atom stereocenters. The zero-order valence-electron chi connectivity index (χ0n) is 8.25. The molecule has 1 saturated heterocycles. The minimum absolute atomic E-state index is 0.270. The summed E-state index contributed by atoms with van der Waals surface area (Å²) in [5, 5.41) is 3.08. The van der Waals surface area contributed by atoms with Crippen LogP contribution in [0.25, 0.3) is 0 Å². The number of piperidine rings is 1. The third-order valence-corrected chi connectivity index (χ3v) is 2.57. The first-order chi connectivity index (χ1) is 6.18. The van der Waals surface area contributed by atoms with Crippen LogP contribution in [0, 0.1) is 5.92 Å². The Hall–Kier alpha value is -0.610. The summed E-state index contributed by atoms with van der Waals surface area (Å²) >= 11 is 0. The Bertz CT molecular complexity index is 164. The highest BCUT2D eigenvalue weighted by Gasteiger charge is 2.15. The topological polar surface area (TPSA) is 58.4 Å². The van der Waals surface area contributed by atoms with Gasteiger partial charge >= 0.3 is 0 Å².